The number of aliphatic imine (C=N–C) groups is 1. The number of anilines is 1. The van der Waals surface area contributed by atoms with Gasteiger partial charge in [0.25, 0.3) is 0 Å². The van der Waals surface area contributed by atoms with Gasteiger partial charge in [-0.05, 0) is 13.3 Å². The highest BCUT2D eigenvalue weighted by molar-refractivity contribution is 5.93. The van der Waals surface area contributed by atoms with Gasteiger partial charge in [0.15, 0.2) is 11.6 Å². The summed E-state index contributed by atoms with van der Waals surface area (Å²) >= 11 is 0. The van der Waals surface area contributed by atoms with Crippen LogP contribution in [0.1, 0.15) is 13.3 Å². The van der Waals surface area contributed by atoms with Crippen LogP contribution in [0.15, 0.2) is 17.1 Å². The van der Waals surface area contributed by atoms with Gasteiger partial charge in [-0.25, -0.2) is 19.0 Å². The lowest BCUT2D eigenvalue weighted by molar-refractivity contribution is 0.146. The molecule has 20 heavy (non-hydrogen) atoms. The van der Waals surface area contributed by atoms with Gasteiger partial charge in [0, 0.05) is 31.9 Å². The third-order valence-corrected chi connectivity index (χ3v) is 2.31. The molecule has 0 atom stereocenters. The van der Waals surface area contributed by atoms with Crippen molar-refractivity contribution >= 4 is 11.6 Å². The first-order valence-corrected chi connectivity index (χ1v) is 6.08. The predicted octanol–water partition coefficient (Wildman–Crippen LogP) is 1.76. The van der Waals surface area contributed by atoms with E-state index < -0.39 is 23.1 Å². The minimum atomic E-state index is -1.07. The summed E-state index contributed by atoms with van der Waals surface area (Å²) in [5.41, 5.74) is 1.66. The molecule has 0 fully saturated rings. The molecule has 1 rings (SSSR count). The van der Waals surface area contributed by atoms with Gasteiger partial charge in [-0.3, -0.25) is 10.4 Å². The average molecular weight is 290 g/mol. The molecule has 112 valence electrons. The van der Waals surface area contributed by atoms with Crippen LogP contribution in [0.5, 0.6) is 0 Å². The van der Waals surface area contributed by atoms with Gasteiger partial charge in [0.1, 0.15) is 11.5 Å². The summed E-state index contributed by atoms with van der Waals surface area (Å²) in [7, 11) is 0. The molecule has 0 aliphatic heterocycles. The number of hydrazine groups is 1. The normalized spacial score (nSPS) is 11.6. The van der Waals surface area contributed by atoms with Crippen LogP contribution >= 0.6 is 0 Å². The van der Waals surface area contributed by atoms with E-state index in [0.29, 0.717) is 38.3 Å². The van der Waals surface area contributed by atoms with E-state index in [2.05, 4.69) is 15.7 Å². The molecule has 0 heterocycles. The zero-order valence-electron chi connectivity index (χ0n) is 11.0. The lowest BCUT2D eigenvalue weighted by atomic mass is 10.3. The highest BCUT2D eigenvalue weighted by atomic mass is 19.1. The first kappa shape index (κ1) is 16.3. The van der Waals surface area contributed by atoms with Crippen LogP contribution in [-0.2, 0) is 4.74 Å². The van der Waals surface area contributed by atoms with E-state index in [4.69, 9.17) is 10.6 Å². The summed E-state index contributed by atoms with van der Waals surface area (Å²) in [6.07, 6.45) is 0.634. The van der Waals surface area contributed by atoms with Crippen molar-refractivity contribution in [1.29, 1.82) is 0 Å². The van der Waals surface area contributed by atoms with Crippen molar-refractivity contribution in [3.05, 3.63) is 29.6 Å². The summed E-state index contributed by atoms with van der Waals surface area (Å²) in [5, 5.41) is 2.34. The smallest absolute Gasteiger partial charge is 0.210 e. The number of nitrogens with one attached hydrogen (secondary N) is 2. The van der Waals surface area contributed by atoms with Crippen LogP contribution in [0, 0.1) is 17.5 Å². The second-order valence-corrected chi connectivity index (χ2v) is 3.79. The molecule has 0 bridgehead atoms. The molecule has 5 nitrogen and oxygen atoms in total. The Morgan fingerprint density at radius 1 is 1.30 bits per heavy atom. The largest absolute Gasteiger partial charge is 0.382 e. The highest BCUT2D eigenvalue weighted by Crippen LogP contribution is 2.19. The molecule has 8 heteroatoms. The lowest BCUT2D eigenvalue weighted by Crippen LogP contribution is -2.37. The summed E-state index contributed by atoms with van der Waals surface area (Å²) in [6, 6.07) is 1.13. The number of rotatable bonds is 6. The third kappa shape index (κ3) is 5.06. The summed E-state index contributed by atoms with van der Waals surface area (Å²) in [5.74, 6) is 2.04. The van der Waals surface area contributed by atoms with Crippen molar-refractivity contribution in [3.8, 4) is 0 Å². The highest BCUT2D eigenvalue weighted by Gasteiger charge is 2.12. The van der Waals surface area contributed by atoms with Crippen molar-refractivity contribution < 1.29 is 17.9 Å². The van der Waals surface area contributed by atoms with Gasteiger partial charge < -0.3 is 10.1 Å². The number of ether oxygens (including phenoxy) is 1. The minimum absolute atomic E-state index is 0.0223. The molecular weight excluding hydrogens is 273 g/mol. The molecule has 0 saturated carbocycles. The maximum atomic E-state index is 13.4. The number of benzene rings is 1. The third-order valence-electron chi connectivity index (χ3n) is 2.31. The number of hydrogen-bond acceptors (Lipinski definition) is 3. The van der Waals surface area contributed by atoms with Crippen molar-refractivity contribution in [2.45, 2.75) is 13.3 Å². The Kier molecular flexibility index (Phi) is 6.82. The van der Waals surface area contributed by atoms with Crippen LogP contribution in [-0.4, -0.2) is 25.7 Å². The Bertz CT molecular complexity index is 445. The second kappa shape index (κ2) is 8.39. The number of nitrogens with two attached hydrogens (primary N) is 1. The molecular formula is C12H17F3N4O. The number of halogens is 3. The van der Waals surface area contributed by atoms with Crippen molar-refractivity contribution in [2.24, 2.45) is 10.8 Å². The van der Waals surface area contributed by atoms with Gasteiger partial charge in [-0.15, -0.1) is 0 Å². The SMILES string of the molecule is CCOCCCN=C(NN)Nc1c(F)cc(F)cc1F. The Hall–Kier alpha value is -1.80. The zero-order chi connectivity index (χ0) is 15.0. The van der Waals surface area contributed by atoms with E-state index in [1.807, 2.05) is 6.92 Å². The van der Waals surface area contributed by atoms with Crippen LogP contribution in [0.25, 0.3) is 0 Å². The van der Waals surface area contributed by atoms with Gasteiger partial charge in [0.05, 0.1) is 0 Å². The van der Waals surface area contributed by atoms with E-state index in [1.165, 1.54) is 0 Å². The number of guanidine groups is 1. The summed E-state index contributed by atoms with van der Waals surface area (Å²) in [6.45, 7) is 3.36. The molecule has 0 aliphatic carbocycles. The fourth-order valence-corrected chi connectivity index (χ4v) is 1.40. The molecule has 0 unspecified atom stereocenters. The van der Waals surface area contributed by atoms with E-state index in [9.17, 15) is 13.2 Å². The van der Waals surface area contributed by atoms with Crippen LogP contribution in [0.3, 0.4) is 0 Å². The molecule has 0 spiro atoms. The molecule has 1 aromatic carbocycles. The summed E-state index contributed by atoms with van der Waals surface area (Å²) < 4.78 is 44.7. The predicted molar refractivity (Wildman–Crippen MR) is 70.7 cm³/mol. The number of nitrogens with zero attached hydrogens (tertiary/aromatic N) is 1. The van der Waals surface area contributed by atoms with E-state index in [1.54, 1.807) is 0 Å². The van der Waals surface area contributed by atoms with E-state index >= 15 is 0 Å². The average Bonchev–Trinajstić information content (AvgIpc) is 2.40. The fourth-order valence-electron chi connectivity index (χ4n) is 1.40. The Labute approximate surface area is 115 Å². The van der Waals surface area contributed by atoms with Gasteiger partial charge in [-0.1, -0.05) is 0 Å². The van der Waals surface area contributed by atoms with E-state index in [-0.39, 0.29) is 5.96 Å². The Morgan fingerprint density at radius 3 is 2.50 bits per heavy atom. The topological polar surface area (TPSA) is 71.7 Å². The van der Waals surface area contributed by atoms with Crippen LogP contribution in [0.4, 0.5) is 18.9 Å². The Morgan fingerprint density at radius 2 is 1.95 bits per heavy atom. The van der Waals surface area contributed by atoms with Crippen LogP contribution in [0.2, 0.25) is 0 Å². The first-order chi connectivity index (χ1) is 9.58. The molecule has 4 N–H and O–H groups in total. The molecule has 0 radical (unpaired) electrons. The standard InChI is InChI=1S/C12H17F3N4O/c1-2-20-5-3-4-17-12(19-16)18-11-9(14)6-8(13)7-10(11)15/h6-7H,2-5,16H2,1H3,(H2,17,18,19). The van der Waals surface area contributed by atoms with Gasteiger partial charge in [0.2, 0.25) is 5.96 Å². The van der Waals surface area contributed by atoms with E-state index in [0.717, 1.165) is 0 Å². The van der Waals surface area contributed by atoms with Crippen LogP contribution < -0.4 is 16.6 Å². The monoisotopic (exact) mass is 290 g/mol. The molecule has 1 aromatic rings. The molecule has 0 amide bonds. The minimum Gasteiger partial charge on any atom is -0.382 e. The molecule has 0 aliphatic rings. The Balaban J connectivity index is 2.66. The fraction of sp³-hybridized carbons (Fsp3) is 0.417. The van der Waals surface area contributed by atoms with Gasteiger partial charge in [-0.2, -0.15) is 0 Å². The van der Waals surface area contributed by atoms with Crippen molar-refractivity contribution in [3.63, 3.8) is 0 Å². The lowest BCUT2D eigenvalue weighted by Gasteiger charge is -2.11. The van der Waals surface area contributed by atoms with Gasteiger partial charge >= 0.3 is 0 Å². The maximum absolute atomic E-state index is 13.4. The van der Waals surface area contributed by atoms with Crippen molar-refractivity contribution in [1.82, 2.24) is 5.43 Å². The quantitative estimate of drug-likeness (QED) is 0.245. The number of hydrogen-bond donors (Lipinski definition) is 3. The summed E-state index contributed by atoms with van der Waals surface area (Å²) in [4.78, 5) is 3.98. The molecule has 0 saturated heterocycles. The second-order valence-electron chi connectivity index (χ2n) is 3.79. The molecule has 0 aromatic heterocycles. The first-order valence-electron chi connectivity index (χ1n) is 6.08. The van der Waals surface area contributed by atoms with Crippen molar-refractivity contribution in [2.75, 3.05) is 25.1 Å². The zero-order valence-corrected chi connectivity index (χ0v) is 11.0. The maximum Gasteiger partial charge on any atom is 0.210 e.